The standard InChI is InChI=1S/C50H27N3S2/c1-2-13-29-27-40-38(26-28(29)12-1)46-39(25-24-34-32-16-4-3-14-30(32)31-15-5-6-17-33(31)45(34)46)53(40)49-47(52-50-48(51-49)36-19-8-10-22-42(36)55-50)37-20-11-23-43-44(37)35-18-7-9-21-41(35)54-43/h1-27H. The second-order valence-corrected chi connectivity index (χ2v) is 16.6. The zero-order valence-electron chi connectivity index (χ0n) is 29.2. The van der Waals surface area contributed by atoms with E-state index in [1.165, 1.54) is 78.7 Å². The Balaban J connectivity index is 1.28. The average Bonchev–Trinajstić information content (AvgIpc) is 3.91. The number of fused-ring (bicyclic) bond motifs is 17. The van der Waals surface area contributed by atoms with Crippen LogP contribution in [0.2, 0.25) is 0 Å². The van der Waals surface area contributed by atoms with Crippen LogP contribution in [0.1, 0.15) is 0 Å². The Hall–Kier alpha value is -6.66. The fourth-order valence-corrected chi connectivity index (χ4v) is 11.4. The van der Waals surface area contributed by atoms with Gasteiger partial charge in [-0.2, -0.15) is 0 Å². The molecule has 0 saturated heterocycles. The Morgan fingerprint density at radius 1 is 0.382 bits per heavy atom. The van der Waals surface area contributed by atoms with Gasteiger partial charge in [0.15, 0.2) is 5.82 Å². The number of thiophene rings is 2. The largest absolute Gasteiger partial charge is 0.292 e. The molecule has 0 amide bonds. The molecule has 0 aliphatic carbocycles. The quantitative estimate of drug-likeness (QED) is 0.166. The molecule has 3 nitrogen and oxygen atoms in total. The first-order chi connectivity index (χ1) is 27.3. The minimum atomic E-state index is 0.846. The molecule has 0 radical (unpaired) electrons. The minimum Gasteiger partial charge on any atom is -0.292 e. The molecule has 0 bridgehead atoms. The van der Waals surface area contributed by atoms with Gasteiger partial charge in [-0.15, -0.1) is 22.7 Å². The molecule has 13 rings (SSSR count). The molecule has 0 aliphatic heterocycles. The summed E-state index contributed by atoms with van der Waals surface area (Å²) in [6.07, 6.45) is 0. The summed E-state index contributed by atoms with van der Waals surface area (Å²) >= 11 is 3.56. The van der Waals surface area contributed by atoms with E-state index in [-0.39, 0.29) is 0 Å². The van der Waals surface area contributed by atoms with Crippen molar-refractivity contribution < 1.29 is 0 Å². The van der Waals surface area contributed by atoms with E-state index in [2.05, 4.69) is 168 Å². The highest BCUT2D eigenvalue weighted by Gasteiger charge is 2.25. The summed E-state index contributed by atoms with van der Waals surface area (Å²) in [4.78, 5) is 12.3. The lowest BCUT2D eigenvalue weighted by atomic mass is 9.91. The minimum absolute atomic E-state index is 0.846. The Kier molecular flexibility index (Phi) is 5.93. The fourth-order valence-electron chi connectivity index (χ4n) is 9.24. The van der Waals surface area contributed by atoms with Crippen molar-refractivity contribution in [3.05, 3.63) is 164 Å². The molecule has 0 spiro atoms. The normalized spacial score (nSPS) is 12.4. The Bertz CT molecular complexity index is 3760. The van der Waals surface area contributed by atoms with Crippen LogP contribution in [0, 0.1) is 0 Å². The summed E-state index contributed by atoms with van der Waals surface area (Å²) in [5.74, 6) is 0.846. The van der Waals surface area contributed by atoms with Gasteiger partial charge in [0.1, 0.15) is 16.0 Å². The highest BCUT2D eigenvalue weighted by atomic mass is 32.1. The Labute approximate surface area is 322 Å². The Morgan fingerprint density at radius 3 is 1.76 bits per heavy atom. The average molecular weight is 734 g/mol. The van der Waals surface area contributed by atoms with Crippen molar-refractivity contribution in [1.82, 2.24) is 14.5 Å². The molecule has 254 valence electrons. The van der Waals surface area contributed by atoms with Crippen LogP contribution in [0.25, 0.3) is 123 Å². The molecule has 0 N–H and O–H groups in total. The van der Waals surface area contributed by atoms with Crippen molar-refractivity contribution in [3.8, 4) is 17.1 Å². The molecule has 0 unspecified atom stereocenters. The number of nitrogens with zero attached hydrogens (tertiary/aromatic N) is 3. The van der Waals surface area contributed by atoms with Crippen LogP contribution in [-0.4, -0.2) is 14.5 Å². The second-order valence-electron chi connectivity index (χ2n) is 14.5. The zero-order valence-corrected chi connectivity index (χ0v) is 30.9. The van der Waals surface area contributed by atoms with Gasteiger partial charge in [0.2, 0.25) is 0 Å². The molecule has 13 aromatic rings. The smallest absolute Gasteiger partial charge is 0.165 e. The van der Waals surface area contributed by atoms with Crippen LogP contribution >= 0.6 is 22.7 Å². The molecular weight excluding hydrogens is 707 g/mol. The third-order valence-electron chi connectivity index (χ3n) is 11.6. The second kappa shape index (κ2) is 11.0. The summed E-state index contributed by atoms with van der Waals surface area (Å²) in [5.41, 5.74) is 5.17. The number of hydrogen-bond acceptors (Lipinski definition) is 4. The SMILES string of the molecule is c1ccc2cc3c(cc2c1)c1c2c4ccccc4c4ccccc4c2ccc1n3-c1nc2c(nc1-c1cccc3sc4ccccc4c13)sc1ccccc12. The van der Waals surface area contributed by atoms with Gasteiger partial charge in [-0.25, -0.2) is 9.97 Å². The molecule has 9 aromatic carbocycles. The van der Waals surface area contributed by atoms with Gasteiger partial charge < -0.3 is 0 Å². The summed E-state index contributed by atoms with van der Waals surface area (Å²) < 4.78 is 6.14. The van der Waals surface area contributed by atoms with Crippen molar-refractivity contribution in [2.45, 2.75) is 0 Å². The van der Waals surface area contributed by atoms with E-state index >= 15 is 0 Å². The third-order valence-corrected chi connectivity index (χ3v) is 13.8. The van der Waals surface area contributed by atoms with Gasteiger partial charge in [-0.05, 0) is 74.1 Å². The van der Waals surface area contributed by atoms with E-state index in [1.54, 1.807) is 11.3 Å². The topological polar surface area (TPSA) is 30.7 Å². The lowest BCUT2D eigenvalue weighted by molar-refractivity contribution is 1.09. The van der Waals surface area contributed by atoms with E-state index < -0.39 is 0 Å². The predicted octanol–water partition coefficient (Wildman–Crippen LogP) is 14.6. The maximum absolute atomic E-state index is 5.74. The van der Waals surface area contributed by atoms with Crippen LogP contribution in [0.5, 0.6) is 0 Å². The van der Waals surface area contributed by atoms with Crippen LogP contribution in [-0.2, 0) is 0 Å². The van der Waals surface area contributed by atoms with Crippen LogP contribution in [0.15, 0.2) is 164 Å². The Morgan fingerprint density at radius 2 is 0.982 bits per heavy atom. The highest BCUT2D eigenvalue weighted by molar-refractivity contribution is 7.26. The van der Waals surface area contributed by atoms with Crippen molar-refractivity contribution in [2.75, 3.05) is 0 Å². The van der Waals surface area contributed by atoms with E-state index in [4.69, 9.17) is 9.97 Å². The highest BCUT2D eigenvalue weighted by Crippen LogP contribution is 2.47. The van der Waals surface area contributed by atoms with E-state index in [1.807, 2.05) is 11.3 Å². The lowest BCUT2D eigenvalue weighted by Crippen LogP contribution is -2.03. The van der Waals surface area contributed by atoms with E-state index in [0.717, 1.165) is 43.8 Å². The van der Waals surface area contributed by atoms with Gasteiger partial charge in [0.05, 0.1) is 11.0 Å². The summed E-state index contributed by atoms with van der Waals surface area (Å²) in [7, 11) is 0. The molecule has 0 fully saturated rings. The lowest BCUT2D eigenvalue weighted by Gasteiger charge is -2.15. The number of benzene rings is 9. The van der Waals surface area contributed by atoms with Gasteiger partial charge in [0, 0.05) is 52.0 Å². The van der Waals surface area contributed by atoms with Gasteiger partial charge in [-0.1, -0.05) is 127 Å². The maximum Gasteiger partial charge on any atom is 0.165 e. The predicted molar refractivity (Wildman–Crippen MR) is 238 cm³/mol. The van der Waals surface area contributed by atoms with E-state index in [9.17, 15) is 0 Å². The van der Waals surface area contributed by atoms with Crippen LogP contribution in [0.4, 0.5) is 0 Å². The summed E-state index contributed by atoms with van der Waals surface area (Å²) in [6.45, 7) is 0. The zero-order chi connectivity index (χ0) is 35.8. The molecule has 4 aromatic heterocycles. The molecule has 0 atom stereocenters. The first-order valence-electron chi connectivity index (χ1n) is 18.6. The van der Waals surface area contributed by atoms with Crippen molar-refractivity contribution in [1.29, 1.82) is 0 Å². The van der Waals surface area contributed by atoms with Crippen molar-refractivity contribution in [2.24, 2.45) is 0 Å². The van der Waals surface area contributed by atoms with Gasteiger partial charge in [-0.3, -0.25) is 4.57 Å². The number of rotatable bonds is 2. The van der Waals surface area contributed by atoms with Crippen LogP contribution in [0.3, 0.4) is 0 Å². The first kappa shape index (κ1) is 29.8. The summed E-state index contributed by atoms with van der Waals surface area (Å²) in [6, 6.07) is 59.9. The van der Waals surface area contributed by atoms with Crippen molar-refractivity contribution in [3.63, 3.8) is 0 Å². The number of aromatic nitrogens is 3. The van der Waals surface area contributed by atoms with Crippen LogP contribution < -0.4 is 0 Å². The first-order valence-corrected chi connectivity index (χ1v) is 20.2. The third kappa shape index (κ3) is 4.03. The molecule has 0 aliphatic rings. The van der Waals surface area contributed by atoms with Gasteiger partial charge in [0.25, 0.3) is 0 Å². The maximum atomic E-state index is 5.74. The molecule has 0 saturated carbocycles. The monoisotopic (exact) mass is 733 g/mol. The molecular formula is C50H27N3S2. The molecule has 5 heteroatoms. The molecule has 4 heterocycles. The van der Waals surface area contributed by atoms with Crippen molar-refractivity contribution >= 4 is 128 Å². The number of hydrogen-bond donors (Lipinski definition) is 0. The molecule has 55 heavy (non-hydrogen) atoms. The van der Waals surface area contributed by atoms with Gasteiger partial charge >= 0.3 is 0 Å². The summed E-state index contributed by atoms with van der Waals surface area (Å²) in [5, 5.41) is 16.1. The fraction of sp³-hybridized carbons (Fsp3) is 0. The van der Waals surface area contributed by atoms with E-state index in [0.29, 0.717) is 0 Å².